The number of benzene rings is 1. The van der Waals surface area contributed by atoms with E-state index in [1.165, 1.54) is 23.5 Å². The topological polar surface area (TPSA) is 119 Å². The van der Waals surface area contributed by atoms with E-state index in [1.54, 1.807) is 26.0 Å². The molecular weight excluding hydrogens is 521 g/mol. The standard InChI is InChI=1S/C19H25N5O4S.HI/c1-5-20-19(21-11-14-7-9-15(10-8-14)24(26)27)23-13(4)17-22-12(3)16(29-17)18(25)28-6-2;/h7-10,13H,5-6,11H2,1-4H3,(H2,20,21,23);1H. The summed E-state index contributed by atoms with van der Waals surface area (Å²) in [6.07, 6.45) is 0. The second kappa shape index (κ2) is 12.4. The molecule has 164 valence electrons. The third-order valence-electron chi connectivity index (χ3n) is 3.91. The highest BCUT2D eigenvalue weighted by atomic mass is 127. The Morgan fingerprint density at radius 1 is 1.33 bits per heavy atom. The van der Waals surface area contributed by atoms with Crippen molar-refractivity contribution < 1.29 is 14.5 Å². The lowest BCUT2D eigenvalue weighted by Gasteiger charge is -2.16. The number of halogens is 1. The molecular formula is C19H26IN5O4S. The fourth-order valence-corrected chi connectivity index (χ4v) is 3.43. The minimum atomic E-state index is -0.430. The lowest BCUT2D eigenvalue weighted by atomic mass is 10.2. The number of carbonyl (C=O) groups is 1. The third kappa shape index (κ3) is 7.20. The Morgan fingerprint density at radius 2 is 2.00 bits per heavy atom. The van der Waals surface area contributed by atoms with E-state index in [0.29, 0.717) is 36.2 Å². The van der Waals surface area contributed by atoms with E-state index < -0.39 is 4.92 Å². The number of nitrogens with zero attached hydrogens (tertiary/aromatic N) is 3. The number of thiazole rings is 1. The molecule has 2 rings (SSSR count). The number of nitrogens with one attached hydrogen (secondary N) is 2. The molecule has 0 amide bonds. The largest absolute Gasteiger partial charge is 0.462 e. The van der Waals surface area contributed by atoms with Gasteiger partial charge in [0.05, 0.1) is 29.8 Å². The first-order valence-electron chi connectivity index (χ1n) is 9.28. The van der Waals surface area contributed by atoms with Crippen LogP contribution in [0.5, 0.6) is 0 Å². The summed E-state index contributed by atoms with van der Waals surface area (Å²) < 4.78 is 5.07. The number of aliphatic imine (C=N–C) groups is 1. The summed E-state index contributed by atoms with van der Waals surface area (Å²) >= 11 is 1.30. The van der Waals surface area contributed by atoms with Gasteiger partial charge in [0, 0.05) is 18.7 Å². The number of esters is 1. The SMILES string of the molecule is CCNC(=NCc1ccc([N+](=O)[O-])cc1)NC(C)c1nc(C)c(C(=O)OCC)s1.I. The van der Waals surface area contributed by atoms with Crippen molar-refractivity contribution in [2.75, 3.05) is 13.2 Å². The normalized spacial score (nSPS) is 11.9. The summed E-state index contributed by atoms with van der Waals surface area (Å²) in [6, 6.07) is 6.12. The van der Waals surface area contributed by atoms with Gasteiger partial charge in [0.25, 0.3) is 5.69 Å². The molecule has 0 fully saturated rings. The van der Waals surface area contributed by atoms with Crippen LogP contribution in [-0.4, -0.2) is 35.0 Å². The number of carbonyl (C=O) groups excluding carboxylic acids is 1. The van der Waals surface area contributed by atoms with Crippen LogP contribution in [0.4, 0.5) is 5.69 Å². The molecule has 1 atom stereocenters. The summed E-state index contributed by atoms with van der Waals surface area (Å²) in [4.78, 5) is 31.8. The zero-order valence-corrected chi connectivity index (χ0v) is 20.4. The van der Waals surface area contributed by atoms with E-state index in [4.69, 9.17) is 4.74 Å². The number of aromatic nitrogens is 1. The molecule has 11 heteroatoms. The number of aryl methyl sites for hydroxylation is 1. The summed E-state index contributed by atoms with van der Waals surface area (Å²) in [6.45, 7) is 8.80. The Labute approximate surface area is 196 Å². The molecule has 0 aliphatic heterocycles. The van der Waals surface area contributed by atoms with Crippen LogP contribution < -0.4 is 10.6 Å². The molecule has 30 heavy (non-hydrogen) atoms. The van der Waals surface area contributed by atoms with Gasteiger partial charge in [-0.05, 0) is 33.3 Å². The Morgan fingerprint density at radius 3 is 2.57 bits per heavy atom. The fourth-order valence-electron chi connectivity index (χ4n) is 2.47. The molecule has 0 bridgehead atoms. The first-order chi connectivity index (χ1) is 13.8. The molecule has 1 aromatic carbocycles. The summed E-state index contributed by atoms with van der Waals surface area (Å²) in [5.74, 6) is 0.226. The van der Waals surface area contributed by atoms with Gasteiger partial charge in [-0.1, -0.05) is 12.1 Å². The van der Waals surface area contributed by atoms with Gasteiger partial charge in [-0.3, -0.25) is 10.1 Å². The molecule has 9 nitrogen and oxygen atoms in total. The van der Waals surface area contributed by atoms with Gasteiger partial charge in [-0.15, -0.1) is 35.3 Å². The second-order valence-electron chi connectivity index (χ2n) is 6.17. The average Bonchev–Trinajstić information content (AvgIpc) is 3.08. The first-order valence-corrected chi connectivity index (χ1v) is 10.1. The zero-order chi connectivity index (χ0) is 21.4. The maximum atomic E-state index is 12.0. The average molecular weight is 547 g/mol. The summed E-state index contributed by atoms with van der Waals surface area (Å²) in [5, 5.41) is 17.9. The predicted molar refractivity (Wildman–Crippen MR) is 128 cm³/mol. The van der Waals surface area contributed by atoms with Crippen molar-refractivity contribution >= 4 is 52.9 Å². The minimum absolute atomic E-state index is 0. The van der Waals surface area contributed by atoms with Crippen molar-refractivity contribution in [3.63, 3.8) is 0 Å². The molecule has 2 N–H and O–H groups in total. The van der Waals surface area contributed by atoms with E-state index in [9.17, 15) is 14.9 Å². The molecule has 2 aromatic rings. The quantitative estimate of drug-likeness (QED) is 0.128. The van der Waals surface area contributed by atoms with Gasteiger partial charge in [0.1, 0.15) is 9.88 Å². The van der Waals surface area contributed by atoms with Crippen LogP contribution in [0.1, 0.15) is 52.7 Å². The predicted octanol–water partition coefficient (Wildman–Crippen LogP) is 3.97. The van der Waals surface area contributed by atoms with Crippen molar-refractivity contribution in [2.45, 2.75) is 40.3 Å². The van der Waals surface area contributed by atoms with Gasteiger partial charge in [0.15, 0.2) is 5.96 Å². The first kappa shape index (κ1) is 25.8. The molecule has 0 aliphatic rings. The van der Waals surface area contributed by atoms with Crippen LogP contribution in [0.15, 0.2) is 29.3 Å². The number of hydrogen-bond acceptors (Lipinski definition) is 7. The maximum absolute atomic E-state index is 12.0. The van der Waals surface area contributed by atoms with Crippen LogP contribution in [-0.2, 0) is 11.3 Å². The Hall–Kier alpha value is -2.28. The highest BCUT2D eigenvalue weighted by Gasteiger charge is 2.20. The van der Waals surface area contributed by atoms with Gasteiger partial charge in [-0.2, -0.15) is 0 Å². The number of hydrogen-bond donors (Lipinski definition) is 2. The number of nitro benzene ring substituents is 1. The summed E-state index contributed by atoms with van der Waals surface area (Å²) in [5.41, 5.74) is 1.55. The zero-order valence-electron chi connectivity index (χ0n) is 17.3. The third-order valence-corrected chi connectivity index (χ3v) is 5.23. The molecule has 0 aliphatic carbocycles. The molecule has 1 heterocycles. The van der Waals surface area contributed by atoms with Gasteiger partial charge < -0.3 is 15.4 Å². The molecule has 1 unspecified atom stereocenters. The number of nitro groups is 1. The monoisotopic (exact) mass is 547 g/mol. The minimum Gasteiger partial charge on any atom is -0.462 e. The highest BCUT2D eigenvalue weighted by Crippen LogP contribution is 2.24. The Bertz CT molecular complexity index is 886. The van der Waals surface area contributed by atoms with Crippen LogP contribution >= 0.6 is 35.3 Å². The summed E-state index contributed by atoms with van der Waals surface area (Å²) in [7, 11) is 0. The lowest BCUT2D eigenvalue weighted by molar-refractivity contribution is -0.384. The Kier molecular flexibility index (Phi) is 10.7. The van der Waals surface area contributed by atoms with Crippen LogP contribution in [0, 0.1) is 17.0 Å². The van der Waals surface area contributed by atoms with E-state index in [2.05, 4.69) is 20.6 Å². The van der Waals surface area contributed by atoms with E-state index in [1.807, 2.05) is 13.8 Å². The van der Waals surface area contributed by atoms with Crippen LogP contribution in [0.3, 0.4) is 0 Å². The van der Waals surface area contributed by atoms with Gasteiger partial charge in [0.2, 0.25) is 0 Å². The van der Waals surface area contributed by atoms with E-state index in [-0.39, 0.29) is 41.7 Å². The van der Waals surface area contributed by atoms with Crippen LogP contribution in [0.25, 0.3) is 0 Å². The molecule has 1 aromatic heterocycles. The number of guanidine groups is 1. The molecule has 0 spiro atoms. The van der Waals surface area contributed by atoms with Gasteiger partial charge in [-0.25, -0.2) is 14.8 Å². The van der Waals surface area contributed by atoms with Crippen molar-refractivity contribution in [3.05, 3.63) is 55.5 Å². The van der Waals surface area contributed by atoms with Crippen molar-refractivity contribution in [1.29, 1.82) is 0 Å². The lowest BCUT2D eigenvalue weighted by Crippen LogP contribution is -2.38. The number of non-ortho nitro benzene ring substituents is 1. The number of rotatable bonds is 8. The molecule has 0 saturated carbocycles. The van der Waals surface area contributed by atoms with Crippen molar-refractivity contribution in [2.24, 2.45) is 4.99 Å². The van der Waals surface area contributed by atoms with E-state index >= 15 is 0 Å². The highest BCUT2D eigenvalue weighted by molar-refractivity contribution is 14.0. The Balaban J connectivity index is 0.00000450. The maximum Gasteiger partial charge on any atom is 0.350 e. The second-order valence-corrected chi connectivity index (χ2v) is 7.20. The smallest absolute Gasteiger partial charge is 0.350 e. The fraction of sp³-hybridized carbons (Fsp3) is 0.421. The van der Waals surface area contributed by atoms with Gasteiger partial charge >= 0.3 is 5.97 Å². The van der Waals surface area contributed by atoms with E-state index in [0.717, 1.165) is 10.6 Å². The molecule has 0 saturated heterocycles. The van der Waals surface area contributed by atoms with Crippen LogP contribution in [0.2, 0.25) is 0 Å². The number of ether oxygens (including phenoxy) is 1. The van der Waals surface area contributed by atoms with Crippen molar-refractivity contribution in [1.82, 2.24) is 15.6 Å². The van der Waals surface area contributed by atoms with Crippen molar-refractivity contribution in [3.8, 4) is 0 Å². The molecule has 0 radical (unpaired) electrons.